The van der Waals surface area contributed by atoms with Crippen molar-refractivity contribution < 1.29 is 13.2 Å². The Labute approximate surface area is 114 Å². The van der Waals surface area contributed by atoms with Crippen LogP contribution in [-0.2, 0) is 14.8 Å². The summed E-state index contributed by atoms with van der Waals surface area (Å²) in [5, 5.41) is -0.156. The quantitative estimate of drug-likeness (QED) is 0.715. The van der Waals surface area contributed by atoms with Gasteiger partial charge in [-0.15, -0.1) is 6.58 Å². The van der Waals surface area contributed by atoms with Gasteiger partial charge >= 0.3 is 0 Å². The van der Waals surface area contributed by atoms with Gasteiger partial charge in [0.1, 0.15) is 0 Å². The van der Waals surface area contributed by atoms with E-state index in [9.17, 15) is 13.2 Å². The predicted molar refractivity (Wildman–Crippen MR) is 72.0 cm³/mol. The van der Waals surface area contributed by atoms with Crippen LogP contribution < -0.4 is 0 Å². The standard InChI is InChI=1S/C13H20N2O3S/c1-2-8-14-11-7-9-15(12(11)5-6-13(14)16)19(17,18)10-3-4-10/h2,10-12H,1,3-9H2/t11-,12-/m1/s1. The molecule has 6 heteroatoms. The molecule has 2 aliphatic heterocycles. The monoisotopic (exact) mass is 284 g/mol. The van der Waals surface area contributed by atoms with Crippen molar-refractivity contribution >= 4 is 15.9 Å². The first-order chi connectivity index (χ1) is 9.05. The fraction of sp³-hybridized carbons (Fsp3) is 0.769. The van der Waals surface area contributed by atoms with Crippen LogP contribution in [0.15, 0.2) is 12.7 Å². The smallest absolute Gasteiger partial charge is 0.223 e. The lowest BCUT2D eigenvalue weighted by Gasteiger charge is -2.39. The average Bonchev–Trinajstić information content (AvgIpc) is 3.13. The minimum Gasteiger partial charge on any atom is -0.334 e. The zero-order chi connectivity index (χ0) is 13.6. The van der Waals surface area contributed by atoms with E-state index in [0.717, 1.165) is 19.3 Å². The molecular weight excluding hydrogens is 264 g/mol. The maximum absolute atomic E-state index is 12.4. The van der Waals surface area contributed by atoms with Crippen LogP contribution in [0.2, 0.25) is 0 Å². The van der Waals surface area contributed by atoms with Gasteiger partial charge in [-0.2, -0.15) is 4.31 Å². The zero-order valence-corrected chi connectivity index (χ0v) is 11.8. The second kappa shape index (κ2) is 4.59. The number of hydrogen-bond acceptors (Lipinski definition) is 3. The highest BCUT2D eigenvalue weighted by Gasteiger charge is 2.50. The topological polar surface area (TPSA) is 57.7 Å². The van der Waals surface area contributed by atoms with Gasteiger partial charge in [-0.05, 0) is 25.7 Å². The third kappa shape index (κ3) is 2.10. The minimum atomic E-state index is -3.12. The number of likely N-dealkylation sites (tertiary alicyclic amines) is 1. The summed E-state index contributed by atoms with van der Waals surface area (Å²) in [6.07, 6.45) is 5.19. The summed E-state index contributed by atoms with van der Waals surface area (Å²) in [5.74, 6) is 0.131. The van der Waals surface area contributed by atoms with Gasteiger partial charge < -0.3 is 4.90 Å². The zero-order valence-electron chi connectivity index (χ0n) is 11.0. The number of nitrogens with zero attached hydrogens (tertiary/aromatic N) is 2. The lowest BCUT2D eigenvalue weighted by atomic mass is 9.97. The molecule has 5 nitrogen and oxygen atoms in total. The van der Waals surface area contributed by atoms with Crippen LogP contribution in [0.3, 0.4) is 0 Å². The van der Waals surface area contributed by atoms with Gasteiger partial charge in [0.15, 0.2) is 0 Å². The molecule has 0 aromatic heterocycles. The van der Waals surface area contributed by atoms with Crippen molar-refractivity contribution in [3.63, 3.8) is 0 Å². The van der Waals surface area contributed by atoms with E-state index in [1.54, 1.807) is 10.4 Å². The summed E-state index contributed by atoms with van der Waals surface area (Å²) in [4.78, 5) is 13.7. The summed E-state index contributed by atoms with van der Waals surface area (Å²) >= 11 is 0. The highest BCUT2D eigenvalue weighted by Crippen LogP contribution is 2.39. The Morgan fingerprint density at radius 1 is 1.21 bits per heavy atom. The molecule has 1 saturated carbocycles. The number of rotatable bonds is 4. The summed E-state index contributed by atoms with van der Waals surface area (Å²) in [5.41, 5.74) is 0. The van der Waals surface area contributed by atoms with Crippen molar-refractivity contribution in [1.29, 1.82) is 0 Å². The first-order valence-corrected chi connectivity index (χ1v) is 8.47. The molecule has 1 amide bonds. The van der Waals surface area contributed by atoms with Gasteiger partial charge in [-0.3, -0.25) is 4.79 Å². The first-order valence-electron chi connectivity index (χ1n) is 6.96. The molecule has 0 aromatic rings. The van der Waals surface area contributed by atoms with E-state index in [-0.39, 0.29) is 23.2 Å². The summed E-state index contributed by atoms with van der Waals surface area (Å²) < 4.78 is 26.5. The number of piperidine rings is 1. The molecule has 2 saturated heterocycles. The summed E-state index contributed by atoms with van der Waals surface area (Å²) in [6.45, 7) is 4.77. The van der Waals surface area contributed by atoms with Crippen molar-refractivity contribution in [2.24, 2.45) is 0 Å². The Kier molecular flexibility index (Phi) is 3.17. The molecule has 0 aromatic carbocycles. The third-order valence-electron chi connectivity index (χ3n) is 4.43. The van der Waals surface area contributed by atoms with Gasteiger partial charge in [0.05, 0.1) is 5.25 Å². The van der Waals surface area contributed by atoms with E-state index >= 15 is 0 Å². The lowest BCUT2D eigenvalue weighted by Crippen LogP contribution is -2.53. The van der Waals surface area contributed by atoms with Gasteiger partial charge in [-0.25, -0.2) is 8.42 Å². The third-order valence-corrected chi connectivity index (χ3v) is 6.85. The lowest BCUT2D eigenvalue weighted by molar-refractivity contribution is -0.136. The number of sulfonamides is 1. The first kappa shape index (κ1) is 13.1. The van der Waals surface area contributed by atoms with Gasteiger partial charge in [0.2, 0.25) is 15.9 Å². The molecule has 0 unspecified atom stereocenters. The molecule has 3 rings (SSSR count). The van der Waals surface area contributed by atoms with E-state index in [1.165, 1.54) is 0 Å². The maximum atomic E-state index is 12.4. The molecule has 0 radical (unpaired) electrons. The van der Waals surface area contributed by atoms with E-state index < -0.39 is 10.0 Å². The molecular formula is C13H20N2O3S. The number of hydrogen-bond donors (Lipinski definition) is 0. The van der Waals surface area contributed by atoms with Crippen molar-refractivity contribution in [1.82, 2.24) is 9.21 Å². The fourth-order valence-corrected chi connectivity index (χ4v) is 5.46. The van der Waals surface area contributed by atoms with Crippen LogP contribution in [0.4, 0.5) is 0 Å². The second-order valence-corrected chi connectivity index (χ2v) is 7.82. The molecule has 1 aliphatic carbocycles. The van der Waals surface area contributed by atoms with Crippen molar-refractivity contribution in [3.05, 3.63) is 12.7 Å². The highest BCUT2D eigenvalue weighted by molar-refractivity contribution is 7.90. The number of amides is 1. The summed E-state index contributed by atoms with van der Waals surface area (Å²) in [7, 11) is -3.12. The Morgan fingerprint density at radius 2 is 1.95 bits per heavy atom. The summed E-state index contributed by atoms with van der Waals surface area (Å²) in [6, 6.07) is 0.0380. The molecule has 19 heavy (non-hydrogen) atoms. The van der Waals surface area contributed by atoms with Gasteiger partial charge in [0.25, 0.3) is 0 Å². The number of fused-ring (bicyclic) bond motifs is 1. The Balaban J connectivity index is 1.82. The SMILES string of the molecule is C=CCN1C(=O)CC[C@@H]2[C@H]1CCN2S(=O)(=O)C1CC1. The van der Waals surface area contributed by atoms with Crippen molar-refractivity contribution in [2.45, 2.75) is 49.4 Å². The largest absolute Gasteiger partial charge is 0.334 e. The molecule has 0 N–H and O–H groups in total. The predicted octanol–water partition coefficient (Wildman–Crippen LogP) is 0.730. The maximum Gasteiger partial charge on any atom is 0.223 e. The Hall–Kier alpha value is -0.880. The van der Waals surface area contributed by atoms with Crippen molar-refractivity contribution in [2.75, 3.05) is 13.1 Å². The number of carbonyl (C=O) groups excluding carboxylic acids is 1. The molecule has 3 aliphatic rings. The molecule has 0 bridgehead atoms. The molecule has 3 fully saturated rings. The average molecular weight is 284 g/mol. The molecule has 2 atom stereocenters. The Morgan fingerprint density at radius 3 is 2.58 bits per heavy atom. The Bertz CT molecular complexity index is 498. The van der Waals surface area contributed by atoms with E-state index in [0.29, 0.717) is 25.9 Å². The van der Waals surface area contributed by atoms with Crippen LogP contribution in [0.5, 0.6) is 0 Å². The highest BCUT2D eigenvalue weighted by atomic mass is 32.2. The van der Waals surface area contributed by atoms with Crippen LogP contribution >= 0.6 is 0 Å². The van der Waals surface area contributed by atoms with E-state index in [1.807, 2.05) is 4.90 Å². The van der Waals surface area contributed by atoms with Crippen molar-refractivity contribution in [3.8, 4) is 0 Å². The number of carbonyl (C=O) groups is 1. The van der Waals surface area contributed by atoms with Gasteiger partial charge in [-0.1, -0.05) is 6.08 Å². The van der Waals surface area contributed by atoms with Crippen LogP contribution in [0.1, 0.15) is 32.1 Å². The minimum absolute atomic E-state index is 0.0109. The van der Waals surface area contributed by atoms with Crippen LogP contribution in [0.25, 0.3) is 0 Å². The molecule has 106 valence electrons. The molecule has 0 spiro atoms. The van der Waals surface area contributed by atoms with E-state index in [2.05, 4.69) is 6.58 Å². The molecule has 2 heterocycles. The van der Waals surface area contributed by atoms with Crippen LogP contribution in [0, 0.1) is 0 Å². The normalized spacial score (nSPS) is 32.4. The van der Waals surface area contributed by atoms with Crippen LogP contribution in [-0.4, -0.2) is 54.0 Å². The second-order valence-electron chi connectivity index (χ2n) is 5.65. The van der Waals surface area contributed by atoms with Gasteiger partial charge in [0, 0.05) is 31.6 Å². The van der Waals surface area contributed by atoms with E-state index in [4.69, 9.17) is 0 Å². The fourth-order valence-electron chi connectivity index (χ4n) is 3.36.